The predicted octanol–water partition coefficient (Wildman–Crippen LogP) is 3.29. The van der Waals surface area contributed by atoms with E-state index in [2.05, 4.69) is 4.98 Å². The molecular weight excluding hydrogens is 354 g/mol. The largest absolute Gasteiger partial charge is 0.490 e. The van der Waals surface area contributed by atoms with E-state index in [0.29, 0.717) is 23.2 Å². The topological polar surface area (TPSA) is 112 Å². The Labute approximate surface area is 163 Å². The molecule has 0 amide bonds. The maximum absolute atomic E-state index is 10.1. The second-order valence-electron chi connectivity index (χ2n) is 7.87. The zero-order valence-electron chi connectivity index (χ0n) is 15.7. The summed E-state index contributed by atoms with van der Waals surface area (Å²) in [7, 11) is 0. The van der Waals surface area contributed by atoms with Crippen molar-refractivity contribution in [3.05, 3.63) is 36.0 Å². The monoisotopic (exact) mass is 379 g/mol. The normalized spacial score (nSPS) is 18.6. The van der Waals surface area contributed by atoms with Gasteiger partial charge < -0.3 is 21.3 Å². The van der Waals surface area contributed by atoms with Gasteiger partial charge in [-0.1, -0.05) is 0 Å². The Bertz CT molecular complexity index is 1020. The number of nitrogens with zero attached hydrogens (tertiary/aromatic N) is 3. The molecule has 3 aromatic rings. The van der Waals surface area contributed by atoms with Gasteiger partial charge in [-0.15, -0.1) is 0 Å². The van der Waals surface area contributed by atoms with E-state index < -0.39 is 6.23 Å². The molecule has 2 aliphatic rings. The first-order chi connectivity index (χ1) is 13.6. The quantitative estimate of drug-likeness (QED) is 0.587. The van der Waals surface area contributed by atoms with Gasteiger partial charge in [0.1, 0.15) is 23.5 Å². The minimum absolute atomic E-state index is 0.283. The molecule has 0 aliphatic heterocycles. The third kappa shape index (κ3) is 2.91. The summed E-state index contributed by atoms with van der Waals surface area (Å²) in [5.74, 6) is 1.30. The van der Waals surface area contributed by atoms with Crippen molar-refractivity contribution in [3.63, 3.8) is 0 Å². The number of hydrogen-bond acceptors (Lipinski definition) is 6. The van der Waals surface area contributed by atoms with Gasteiger partial charge in [0.25, 0.3) is 0 Å². The van der Waals surface area contributed by atoms with Crippen LogP contribution in [0, 0.1) is 0 Å². The number of pyridine rings is 1. The van der Waals surface area contributed by atoms with E-state index in [-0.39, 0.29) is 6.04 Å². The Morgan fingerprint density at radius 1 is 1.14 bits per heavy atom. The summed E-state index contributed by atoms with van der Waals surface area (Å²) in [6.07, 6.45) is 7.67. The van der Waals surface area contributed by atoms with Crippen molar-refractivity contribution in [1.82, 2.24) is 14.8 Å². The smallest absolute Gasteiger partial charge is 0.134 e. The number of fused-ring (bicyclic) bond motifs is 1. The van der Waals surface area contributed by atoms with E-state index >= 15 is 0 Å². The first-order valence-corrected chi connectivity index (χ1v) is 9.98. The first kappa shape index (κ1) is 17.5. The molecule has 5 N–H and O–H groups in total. The van der Waals surface area contributed by atoms with E-state index in [1.165, 1.54) is 12.8 Å². The van der Waals surface area contributed by atoms with Crippen LogP contribution in [0.4, 0.5) is 5.82 Å². The lowest BCUT2D eigenvalue weighted by molar-refractivity contribution is 0.120. The highest BCUT2D eigenvalue weighted by atomic mass is 16.5. The van der Waals surface area contributed by atoms with Crippen LogP contribution in [-0.4, -0.2) is 26.0 Å². The number of nitrogen functional groups attached to an aromatic ring is 1. The van der Waals surface area contributed by atoms with Gasteiger partial charge in [-0.25, -0.2) is 4.68 Å². The molecule has 0 bridgehead atoms. The van der Waals surface area contributed by atoms with Crippen molar-refractivity contribution < 1.29 is 9.84 Å². The van der Waals surface area contributed by atoms with E-state index in [4.69, 9.17) is 21.3 Å². The van der Waals surface area contributed by atoms with E-state index in [9.17, 15) is 5.11 Å². The van der Waals surface area contributed by atoms with Crippen molar-refractivity contribution >= 4 is 16.7 Å². The Kier molecular flexibility index (Phi) is 4.21. The van der Waals surface area contributed by atoms with Crippen molar-refractivity contribution in [3.8, 4) is 17.0 Å². The van der Waals surface area contributed by atoms with E-state index in [0.717, 1.165) is 47.9 Å². The van der Waals surface area contributed by atoms with Crippen LogP contribution in [0.5, 0.6) is 5.75 Å². The van der Waals surface area contributed by atoms with Gasteiger partial charge in [-0.05, 0) is 56.7 Å². The Balaban J connectivity index is 1.52. The number of nitrogens with two attached hydrogens (primary N) is 2. The van der Waals surface area contributed by atoms with Gasteiger partial charge >= 0.3 is 0 Å². The van der Waals surface area contributed by atoms with Crippen LogP contribution in [0.3, 0.4) is 0 Å². The Morgan fingerprint density at radius 3 is 2.57 bits per heavy atom. The lowest BCUT2D eigenvalue weighted by Crippen LogP contribution is -2.24. The van der Waals surface area contributed by atoms with Crippen LogP contribution in [0.15, 0.2) is 30.5 Å². The van der Waals surface area contributed by atoms with Crippen LogP contribution in [0.1, 0.15) is 56.4 Å². The molecule has 0 saturated heterocycles. The molecule has 2 aliphatic carbocycles. The van der Waals surface area contributed by atoms with Gasteiger partial charge in [0.05, 0.1) is 23.2 Å². The van der Waals surface area contributed by atoms with Crippen molar-refractivity contribution in [2.45, 2.75) is 56.9 Å². The third-order valence-corrected chi connectivity index (χ3v) is 5.99. The summed E-state index contributed by atoms with van der Waals surface area (Å²) in [5.41, 5.74) is 14.8. The van der Waals surface area contributed by atoms with Gasteiger partial charge in [-0.3, -0.25) is 4.98 Å². The second-order valence-corrected chi connectivity index (χ2v) is 7.87. The van der Waals surface area contributed by atoms with Crippen LogP contribution in [0.2, 0.25) is 0 Å². The third-order valence-electron chi connectivity index (χ3n) is 5.99. The molecule has 1 aromatic carbocycles. The highest BCUT2D eigenvalue weighted by Crippen LogP contribution is 2.39. The molecule has 2 saturated carbocycles. The molecule has 1 atom stereocenters. The molecule has 1 unspecified atom stereocenters. The molecule has 0 spiro atoms. The second kappa shape index (κ2) is 6.76. The summed E-state index contributed by atoms with van der Waals surface area (Å²) >= 11 is 0. The molecule has 28 heavy (non-hydrogen) atoms. The molecule has 5 rings (SSSR count). The van der Waals surface area contributed by atoms with Crippen LogP contribution < -0.4 is 16.2 Å². The van der Waals surface area contributed by atoms with Crippen molar-refractivity contribution in [2.24, 2.45) is 5.73 Å². The molecule has 7 heteroatoms. The molecule has 0 radical (unpaired) electrons. The van der Waals surface area contributed by atoms with Crippen LogP contribution >= 0.6 is 0 Å². The SMILES string of the molecule is Nc1c(C(N)O)c(-c2cnc3cc(OC4CCC4)ccc3c2)nn1C1CCC1. The number of anilines is 1. The van der Waals surface area contributed by atoms with Gasteiger partial charge in [-0.2, -0.15) is 5.10 Å². The predicted molar refractivity (Wildman–Crippen MR) is 108 cm³/mol. The average Bonchev–Trinajstić information content (AvgIpc) is 2.93. The van der Waals surface area contributed by atoms with Gasteiger partial charge in [0.2, 0.25) is 0 Å². The van der Waals surface area contributed by atoms with E-state index in [1.54, 1.807) is 6.20 Å². The van der Waals surface area contributed by atoms with Crippen molar-refractivity contribution in [1.29, 1.82) is 0 Å². The maximum Gasteiger partial charge on any atom is 0.134 e. The van der Waals surface area contributed by atoms with Crippen LogP contribution in [-0.2, 0) is 0 Å². The molecule has 2 aromatic heterocycles. The number of rotatable bonds is 5. The average molecular weight is 379 g/mol. The summed E-state index contributed by atoms with van der Waals surface area (Å²) in [6.45, 7) is 0. The fraction of sp³-hybridized carbons (Fsp3) is 0.429. The zero-order chi connectivity index (χ0) is 19.3. The molecular formula is C21H25N5O2. The number of ether oxygens (including phenoxy) is 1. The molecule has 7 nitrogen and oxygen atoms in total. The number of aromatic nitrogens is 3. The number of benzene rings is 1. The highest BCUT2D eigenvalue weighted by Gasteiger charge is 2.28. The lowest BCUT2D eigenvalue weighted by Gasteiger charge is -2.26. The highest BCUT2D eigenvalue weighted by molar-refractivity contribution is 5.85. The van der Waals surface area contributed by atoms with E-state index in [1.807, 2.05) is 28.9 Å². The standard InChI is InChI=1S/C21H25N5O2/c22-20-18(21(23)27)19(25-26(20)14-3-1-4-14)13-9-12-7-8-16(10-17(12)24-11-13)28-15-5-2-6-15/h7-11,14-15,21,27H,1-6,22-23H2. The molecule has 2 heterocycles. The number of aliphatic hydroxyl groups is 1. The van der Waals surface area contributed by atoms with Gasteiger partial charge in [0, 0.05) is 23.2 Å². The Morgan fingerprint density at radius 2 is 1.93 bits per heavy atom. The fourth-order valence-corrected chi connectivity index (χ4v) is 3.86. The number of aliphatic hydroxyl groups excluding tert-OH is 1. The summed E-state index contributed by atoms with van der Waals surface area (Å²) in [6, 6.07) is 8.24. The van der Waals surface area contributed by atoms with Crippen LogP contribution in [0.25, 0.3) is 22.2 Å². The van der Waals surface area contributed by atoms with Crippen molar-refractivity contribution in [2.75, 3.05) is 5.73 Å². The first-order valence-electron chi connectivity index (χ1n) is 9.98. The fourth-order valence-electron chi connectivity index (χ4n) is 3.86. The van der Waals surface area contributed by atoms with Gasteiger partial charge in [0.15, 0.2) is 0 Å². The minimum atomic E-state index is -1.18. The lowest BCUT2D eigenvalue weighted by atomic mass is 9.93. The summed E-state index contributed by atoms with van der Waals surface area (Å²) < 4.78 is 7.78. The number of hydrogen-bond donors (Lipinski definition) is 3. The maximum atomic E-state index is 10.1. The zero-order valence-corrected chi connectivity index (χ0v) is 15.7. The minimum Gasteiger partial charge on any atom is -0.490 e. The molecule has 146 valence electrons. The molecule has 2 fully saturated rings. The summed E-state index contributed by atoms with van der Waals surface area (Å²) in [5, 5.41) is 15.8. The Hall–Kier alpha value is -2.64. The summed E-state index contributed by atoms with van der Waals surface area (Å²) in [4.78, 5) is 4.60.